The molecule has 2 aliphatic rings. The van der Waals surface area contributed by atoms with Gasteiger partial charge in [0.05, 0.1) is 0 Å². The fourth-order valence-electron chi connectivity index (χ4n) is 2.30. The van der Waals surface area contributed by atoms with E-state index in [1.54, 1.807) is 0 Å². The van der Waals surface area contributed by atoms with Crippen molar-refractivity contribution in [2.75, 3.05) is 24.6 Å². The predicted octanol–water partition coefficient (Wildman–Crippen LogP) is 1.87. The van der Waals surface area contributed by atoms with Crippen molar-refractivity contribution in [1.82, 2.24) is 10.2 Å². The Morgan fingerprint density at radius 3 is 2.88 bits per heavy atom. The minimum atomic E-state index is 0.376. The maximum absolute atomic E-state index is 12.3. The summed E-state index contributed by atoms with van der Waals surface area (Å²) in [5, 5.41) is 3.45. The van der Waals surface area contributed by atoms with Gasteiger partial charge in [0.2, 0.25) is 5.91 Å². The third kappa shape index (κ3) is 4.18. The molecule has 2 fully saturated rings. The Morgan fingerprint density at radius 1 is 1.47 bits per heavy atom. The van der Waals surface area contributed by atoms with Crippen molar-refractivity contribution < 1.29 is 4.79 Å². The second-order valence-electron chi connectivity index (χ2n) is 5.10. The molecule has 1 atom stereocenters. The first-order valence-corrected chi connectivity index (χ1v) is 8.07. The van der Waals surface area contributed by atoms with E-state index in [-0.39, 0.29) is 0 Å². The summed E-state index contributed by atoms with van der Waals surface area (Å²) in [6.45, 7) is 4.22. The maximum atomic E-state index is 12.3. The van der Waals surface area contributed by atoms with Crippen LogP contribution in [-0.4, -0.2) is 47.5 Å². The molecule has 0 aromatic carbocycles. The average molecular weight is 256 g/mol. The van der Waals surface area contributed by atoms with Gasteiger partial charge in [0, 0.05) is 43.1 Å². The molecule has 1 unspecified atom stereocenters. The summed E-state index contributed by atoms with van der Waals surface area (Å²) in [6, 6.07) is 0.981. The van der Waals surface area contributed by atoms with Crippen LogP contribution >= 0.6 is 11.8 Å². The zero-order chi connectivity index (χ0) is 12.1. The minimum absolute atomic E-state index is 0.376. The van der Waals surface area contributed by atoms with E-state index >= 15 is 0 Å². The number of hydrogen-bond acceptors (Lipinski definition) is 3. The summed E-state index contributed by atoms with van der Waals surface area (Å²) >= 11 is 1.97. The van der Waals surface area contributed by atoms with E-state index in [0.29, 0.717) is 24.4 Å². The van der Waals surface area contributed by atoms with Crippen LogP contribution in [0.25, 0.3) is 0 Å². The standard InChI is InChI=1S/C13H24N2OS/c1-2-3-7-15(12-4-5-12)13(16)9-11-10-17-8-6-14-11/h11-12,14H,2-10H2,1H3. The zero-order valence-corrected chi connectivity index (χ0v) is 11.6. The first kappa shape index (κ1) is 13.2. The highest BCUT2D eigenvalue weighted by molar-refractivity contribution is 7.99. The number of carbonyl (C=O) groups is 1. The smallest absolute Gasteiger partial charge is 0.224 e. The molecule has 3 nitrogen and oxygen atoms in total. The number of unbranched alkanes of at least 4 members (excludes halogenated alkanes) is 1. The molecule has 1 heterocycles. The second kappa shape index (κ2) is 6.64. The molecule has 1 saturated heterocycles. The highest BCUT2D eigenvalue weighted by Gasteiger charge is 2.32. The van der Waals surface area contributed by atoms with Crippen LogP contribution in [0.2, 0.25) is 0 Å². The second-order valence-corrected chi connectivity index (χ2v) is 6.25. The van der Waals surface area contributed by atoms with E-state index in [1.165, 1.54) is 25.0 Å². The molecular weight excluding hydrogens is 232 g/mol. The van der Waals surface area contributed by atoms with Crippen molar-refractivity contribution in [2.24, 2.45) is 0 Å². The van der Waals surface area contributed by atoms with Crippen molar-refractivity contribution in [3.8, 4) is 0 Å². The van der Waals surface area contributed by atoms with Crippen LogP contribution in [0.4, 0.5) is 0 Å². The van der Waals surface area contributed by atoms with Gasteiger partial charge in [-0.05, 0) is 19.3 Å². The Kier molecular flexibility index (Phi) is 5.16. The van der Waals surface area contributed by atoms with Crippen molar-refractivity contribution >= 4 is 17.7 Å². The lowest BCUT2D eigenvalue weighted by atomic mass is 10.2. The molecule has 1 aliphatic carbocycles. The molecule has 4 heteroatoms. The van der Waals surface area contributed by atoms with E-state index in [2.05, 4.69) is 17.1 Å². The summed E-state index contributed by atoms with van der Waals surface area (Å²) in [6.07, 6.45) is 5.47. The molecule has 0 bridgehead atoms. The Bertz CT molecular complexity index is 250. The summed E-state index contributed by atoms with van der Waals surface area (Å²) in [4.78, 5) is 14.4. The topological polar surface area (TPSA) is 32.3 Å². The first-order chi connectivity index (χ1) is 8.31. The monoisotopic (exact) mass is 256 g/mol. The number of thioether (sulfide) groups is 1. The van der Waals surface area contributed by atoms with E-state index in [1.807, 2.05) is 11.8 Å². The number of nitrogens with zero attached hydrogens (tertiary/aromatic N) is 1. The molecule has 1 N–H and O–H groups in total. The molecule has 1 amide bonds. The highest BCUT2D eigenvalue weighted by atomic mass is 32.2. The van der Waals surface area contributed by atoms with Crippen molar-refractivity contribution in [1.29, 1.82) is 0 Å². The Morgan fingerprint density at radius 2 is 2.29 bits per heavy atom. The SMILES string of the molecule is CCCCN(C(=O)CC1CSCCN1)C1CC1. The lowest BCUT2D eigenvalue weighted by Gasteiger charge is -2.27. The van der Waals surface area contributed by atoms with Crippen LogP contribution in [0, 0.1) is 0 Å². The number of amides is 1. The average Bonchev–Trinajstić information content (AvgIpc) is 3.15. The van der Waals surface area contributed by atoms with Crippen LogP contribution in [-0.2, 0) is 4.79 Å². The number of carbonyl (C=O) groups excluding carboxylic acids is 1. The van der Waals surface area contributed by atoms with Crippen molar-refractivity contribution in [3.63, 3.8) is 0 Å². The van der Waals surface area contributed by atoms with E-state index < -0.39 is 0 Å². The van der Waals surface area contributed by atoms with Gasteiger partial charge in [-0.3, -0.25) is 4.79 Å². The van der Waals surface area contributed by atoms with E-state index in [9.17, 15) is 4.79 Å². The third-order valence-electron chi connectivity index (χ3n) is 3.48. The van der Waals surface area contributed by atoms with E-state index in [0.717, 1.165) is 25.3 Å². The Hall–Kier alpha value is -0.220. The largest absolute Gasteiger partial charge is 0.340 e. The number of hydrogen-bond donors (Lipinski definition) is 1. The summed E-state index contributed by atoms with van der Waals surface area (Å²) in [5.41, 5.74) is 0. The van der Waals surface area contributed by atoms with Crippen LogP contribution in [0.15, 0.2) is 0 Å². The van der Waals surface area contributed by atoms with E-state index in [4.69, 9.17) is 0 Å². The quantitative estimate of drug-likeness (QED) is 0.787. The van der Waals surface area contributed by atoms with Crippen LogP contribution in [0.5, 0.6) is 0 Å². The Labute approximate surface area is 109 Å². The molecule has 17 heavy (non-hydrogen) atoms. The molecule has 0 aromatic heterocycles. The van der Waals surface area contributed by atoms with Crippen molar-refractivity contribution in [2.45, 2.75) is 51.1 Å². The van der Waals surface area contributed by atoms with Gasteiger partial charge >= 0.3 is 0 Å². The summed E-state index contributed by atoms with van der Waals surface area (Å²) < 4.78 is 0. The van der Waals surface area contributed by atoms with Gasteiger partial charge in [0.25, 0.3) is 0 Å². The van der Waals surface area contributed by atoms with Gasteiger partial charge in [-0.25, -0.2) is 0 Å². The Balaban J connectivity index is 1.78. The van der Waals surface area contributed by atoms with Gasteiger partial charge in [-0.2, -0.15) is 11.8 Å². The lowest BCUT2D eigenvalue weighted by Crippen LogP contribution is -2.43. The van der Waals surface area contributed by atoms with Gasteiger partial charge in [-0.15, -0.1) is 0 Å². The van der Waals surface area contributed by atoms with Crippen LogP contribution in [0.1, 0.15) is 39.0 Å². The van der Waals surface area contributed by atoms with Gasteiger partial charge in [0.1, 0.15) is 0 Å². The van der Waals surface area contributed by atoms with Gasteiger partial charge in [-0.1, -0.05) is 13.3 Å². The third-order valence-corrected chi connectivity index (χ3v) is 4.61. The van der Waals surface area contributed by atoms with Crippen LogP contribution < -0.4 is 5.32 Å². The van der Waals surface area contributed by atoms with Crippen molar-refractivity contribution in [3.05, 3.63) is 0 Å². The first-order valence-electron chi connectivity index (χ1n) is 6.92. The zero-order valence-electron chi connectivity index (χ0n) is 10.8. The molecule has 2 rings (SSSR count). The lowest BCUT2D eigenvalue weighted by molar-refractivity contribution is -0.132. The molecule has 0 spiro atoms. The minimum Gasteiger partial charge on any atom is -0.340 e. The molecule has 0 radical (unpaired) electrons. The molecule has 1 aliphatic heterocycles. The fourth-order valence-corrected chi connectivity index (χ4v) is 3.25. The molecular formula is C13H24N2OS. The summed E-state index contributed by atoms with van der Waals surface area (Å²) in [5.74, 6) is 2.66. The normalized spacial score (nSPS) is 24.6. The highest BCUT2D eigenvalue weighted by Crippen LogP contribution is 2.28. The number of rotatable bonds is 6. The molecule has 98 valence electrons. The van der Waals surface area contributed by atoms with Gasteiger partial charge < -0.3 is 10.2 Å². The van der Waals surface area contributed by atoms with Gasteiger partial charge in [0.15, 0.2) is 0 Å². The number of nitrogens with one attached hydrogen (secondary N) is 1. The maximum Gasteiger partial charge on any atom is 0.224 e. The molecule has 0 aromatic rings. The van der Waals surface area contributed by atoms with Crippen LogP contribution in [0.3, 0.4) is 0 Å². The fraction of sp³-hybridized carbons (Fsp3) is 0.923. The molecule has 1 saturated carbocycles. The summed E-state index contributed by atoms with van der Waals surface area (Å²) in [7, 11) is 0. The predicted molar refractivity (Wildman–Crippen MR) is 73.4 cm³/mol.